The van der Waals surface area contributed by atoms with Crippen LogP contribution in [0.1, 0.15) is 11.3 Å². The quantitative estimate of drug-likeness (QED) is 0.487. The molecule has 0 amide bonds. The molecular formula is C22H18N2O5. The van der Waals surface area contributed by atoms with E-state index in [0.717, 1.165) is 33.6 Å². The van der Waals surface area contributed by atoms with Gasteiger partial charge in [-0.3, -0.25) is 0 Å². The maximum absolute atomic E-state index is 12.4. The molecule has 0 spiro atoms. The number of methoxy groups -OCH3 is 1. The first-order chi connectivity index (χ1) is 14.1. The minimum atomic E-state index is -0.411. The fourth-order valence-electron chi connectivity index (χ4n) is 3.59. The average Bonchev–Trinajstić information content (AvgIpc) is 3.19. The zero-order chi connectivity index (χ0) is 20.0. The van der Waals surface area contributed by atoms with E-state index in [2.05, 4.69) is 5.16 Å². The van der Waals surface area contributed by atoms with Crippen LogP contribution in [-0.4, -0.2) is 19.0 Å². The molecule has 0 atom stereocenters. The Kier molecular flexibility index (Phi) is 4.01. The van der Waals surface area contributed by atoms with Gasteiger partial charge in [0, 0.05) is 17.5 Å². The second-order valence-corrected chi connectivity index (χ2v) is 6.89. The molecule has 146 valence electrons. The van der Waals surface area contributed by atoms with Crippen molar-refractivity contribution >= 4 is 16.8 Å². The Morgan fingerprint density at radius 1 is 1.10 bits per heavy atom. The Morgan fingerprint density at radius 3 is 2.66 bits per heavy atom. The third-order valence-corrected chi connectivity index (χ3v) is 5.04. The monoisotopic (exact) mass is 390 g/mol. The van der Waals surface area contributed by atoms with Crippen LogP contribution in [0.25, 0.3) is 22.1 Å². The highest BCUT2D eigenvalue weighted by Gasteiger charge is 2.24. The summed E-state index contributed by atoms with van der Waals surface area (Å²) in [6.07, 6.45) is 0. The fourth-order valence-corrected chi connectivity index (χ4v) is 3.59. The standard InChI is InChI=1S/C22H18N2O5/c1-13-9-20(23-29-13)24-11-18-19(27-12-24)8-7-16-17(10-21(25)28-22(16)18)14-3-5-15(26-2)6-4-14/h3-10H,11-12H2,1-2H3. The number of aryl methyl sites for hydroxylation is 1. The highest BCUT2D eigenvalue weighted by Crippen LogP contribution is 2.37. The van der Waals surface area contributed by atoms with Crippen molar-refractivity contribution in [1.82, 2.24) is 5.16 Å². The maximum Gasteiger partial charge on any atom is 0.336 e. The van der Waals surface area contributed by atoms with Crippen molar-refractivity contribution in [2.45, 2.75) is 13.5 Å². The molecule has 1 aliphatic rings. The molecule has 2 aromatic carbocycles. The summed E-state index contributed by atoms with van der Waals surface area (Å²) in [5, 5.41) is 4.90. The summed E-state index contributed by atoms with van der Waals surface area (Å²) in [4.78, 5) is 14.3. The molecule has 0 bridgehead atoms. The lowest BCUT2D eigenvalue weighted by Crippen LogP contribution is -2.32. The van der Waals surface area contributed by atoms with Crippen molar-refractivity contribution in [1.29, 1.82) is 0 Å². The van der Waals surface area contributed by atoms with E-state index in [4.69, 9.17) is 18.4 Å². The lowest BCUT2D eigenvalue weighted by Gasteiger charge is -2.29. The Morgan fingerprint density at radius 2 is 1.93 bits per heavy atom. The predicted molar refractivity (Wildman–Crippen MR) is 107 cm³/mol. The van der Waals surface area contributed by atoms with E-state index in [1.807, 2.05) is 54.3 Å². The van der Waals surface area contributed by atoms with Gasteiger partial charge in [0.1, 0.15) is 22.8 Å². The molecule has 0 N–H and O–H groups in total. The van der Waals surface area contributed by atoms with Crippen LogP contribution < -0.4 is 20.0 Å². The lowest BCUT2D eigenvalue weighted by molar-refractivity contribution is 0.284. The van der Waals surface area contributed by atoms with Crippen LogP contribution in [0.3, 0.4) is 0 Å². The van der Waals surface area contributed by atoms with Crippen molar-refractivity contribution in [2.75, 3.05) is 18.7 Å². The van der Waals surface area contributed by atoms with Gasteiger partial charge in [0.2, 0.25) is 0 Å². The van der Waals surface area contributed by atoms with Crippen molar-refractivity contribution in [3.63, 3.8) is 0 Å². The second-order valence-electron chi connectivity index (χ2n) is 6.89. The van der Waals surface area contributed by atoms with Gasteiger partial charge in [-0.25, -0.2) is 4.79 Å². The van der Waals surface area contributed by atoms with Gasteiger partial charge in [-0.05, 0) is 42.3 Å². The van der Waals surface area contributed by atoms with Crippen LogP contribution >= 0.6 is 0 Å². The van der Waals surface area contributed by atoms with E-state index >= 15 is 0 Å². The van der Waals surface area contributed by atoms with Gasteiger partial charge in [0.05, 0.1) is 19.2 Å². The van der Waals surface area contributed by atoms with E-state index in [9.17, 15) is 4.79 Å². The molecule has 0 fully saturated rings. The molecule has 0 unspecified atom stereocenters. The molecule has 0 saturated heterocycles. The molecule has 1 aliphatic heterocycles. The van der Waals surface area contributed by atoms with E-state index < -0.39 is 5.63 Å². The van der Waals surface area contributed by atoms with Crippen LogP contribution in [0, 0.1) is 6.92 Å². The first-order valence-corrected chi connectivity index (χ1v) is 9.17. The third-order valence-electron chi connectivity index (χ3n) is 5.04. The summed E-state index contributed by atoms with van der Waals surface area (Å²) >= 11 is 0. The first-order valence-electron chi connectivity index (χ1n) is 9.17. The van der Waals surface area contributed by atoms with Gasteiger partial charge in [0.15, 0.2) is 12.5 Å². The molecule has 0 saturated carbocycles. The molecule has 4 aromatic rings. The normalized spacial score (nSPS) is 13.2. The number of hydrogen-bond acceptors (Lipinski definition) is 7. The predicted octanol–water partition coefficient (Wildman–Crippen LogP) is 4.12. The van der Waals surface area contributed by atoms with Crippen LogP contribution in [0.4, 0.5) is 5.82 Å². The molecule has 0 aliphatic carbocycles. The SMILES string of the molecule is COc1ccc(-c2cc(=O)oc3c4c(ccc23)OCN(c2cc(C)on2)C4)cc1. The number of aromatic nitrogens is 1. The summed E-state index contributed by atoms with van der Waals surface area (Å²) in [7, 11) is 1.62. The van der Waals surface area contributed by atoms with E-state index in [1.165, 1.54) is 6.07 Å². The Bertz CT molecular complexity index is 1260. The summed E-state index contributed by atoms with van der Waals surface area (Å²) in [6.45, 7) is 2.67. The Labute approximate surface area is 166 Å². The molecule has 7 nitrogen and oxygen atoms in total. The van der Waals surface area contributed by atoms with Crippen LogP contribution in [0.2, 0.25) is 0 Å². The highest BCUT2D eigenvalue weighted by molar-refractivity contribution is 5.96. The molecule has 7 heteroatoms. The largest absolute Gasteiger partial charge is 0.497 e. The summed E-state index contributed by atoms with van der Waals surface area (Å²) in [6, 6.07) is 14.8. The molecule has 5 rings (SSSR count). The number of fused-ring (bicyclic) bond motifs is 3. The topological polar surface area (TPSA) is 77.9 Å². The number of benzene rings is 2. The number of rotatable bonds is 3. The zero-order valence-corrected chi connectivity index (χ0v) is 16.0. The van der Waals surface area contributed by atoms with Gasteiger partial charge in [0.25, 0.3) is 0 Å². The van der Waals surface area contributed by atoms with Crippen molar-refractivity contribution < 1.29 is 18.4 Å². The van der Waals surface area contributed by atoms with E-state index in [0.29, 0.717) is 30.4 Å². The Balaban J connectivity index is 1.64. The molecule has 29 heavy (non-hydrogen) atoms. The summed E-state index contributed by atoms with van der Waals surface area (Å²) in [5.41, 5.74) is 2.62. The zero-order valence-electron chi connectivity index (χ0n) is 16.0. The average molecular weight is 390 g/mol. The van der Waals surface area contributed by atoms with Crippen LogP contribution in [0.15, 0.2) is 62.3 Å². The van der Waals surface area contributed by atoms with Crippen molar-refractivity contribution in [3.05, 3.63) is 70.3 Å². The molecule has 3 heterocycles. The molecular weight excluding hydrogens is 372 g/mol. The number of hydrogen-bond donors (Lipinski definition) is 0. The minimum Gasteiger partial charge on any atom is -0.497 e. The highest BCUT2D eigenvalue weighted by atomic mass is 16.5. The van der Waals surface area contributed by atoms with Crippen molar-refractivity contribution in [2.24, 2.45) is 0 Å². The van der Waals surface area contributed by atoms with Gasteiger partial charge in [-0.2, -0.15) is 0 Å². The van der Waals surface area contributed by atoms with Crippen LogP contribution in [0.5, 0.6) is 11.5 Å². The van der Waals surface area contributed by atoms with Gasteiger partial charge in [-0.1, -0.05) is 17.3 Å². The van der Waals surface area contributed by atoms with Gasteiger partial charge in [-0.15, -0.1) is 0 Å². The second kappa shape index (κ2) is 6.70. The maximum atomic E-state index is 12.4. The van der Waals surface area contributed by atoms with E-state index in [1.54, 1.807) is 7.11 Å². The van der Waals surface area contributed by atoms with Gasteiger partial charge < -0.3 is 23.3 Å². The van der Waals surface area contributed by atoms with Crippen molar-refractivity contribution in [3.8, 4) is 22.6 Å². The Hall–Kier alpha value is -3.74. The third kappa shape index (κ3) is 3.00. The summed E-state index contributed by atoms with van der Waals surface area (Å²) < 4.78 is 21.9. The molecule has 2 aromatic heterocycles. The number of ether oxygens (including phenoxy) is 2. The smallest absolute Gasteiger partial charge is 0.336 e. The number of nitrogens with zero attached hydrogens (tertiary/aromatic N) is 2. The minimum absolute atomic E-state index is 0.340. The number of anilines is 1. The summed E-state index contributed by atoms with van der Waals surface area (Å²) in [5.74, 6) is 2.85. The van der Waals surface area contributed by atoms with Gasteiger partial charge >= 0.3 is 5.63 Å². The molecule has 0 radical (unpaired) electrons. The van der Waals surface area contributed by atoms with E-state index in [-0.39, 0.29) is 0 Å². The first kappa shape index (κ1) is 17.4. The lowest BCUT2D eigenvalue weighted by atomic mass is 9.99. The van der Waals surface area contributed by atoms with Crippen LogP contribution in [-0.2, 0) is 6.54 Å². The fraction of sp³-hybridized carbons (Fsp3) is 0.182.